The van der Waals surface area contributed by atoms with E-state index in [4.69, 9.17) is 11.6 Å². The maximum Gasteiger partial charge on any atom is 0.243 e. The molecular weight excluding hydrogens is 372 g/mol. The lowest BCUT2D eigenvalue weighted by molar-refractivity contribution is 0.181. The van der Waals surface area contributed by atoms with E-state index < -0.39 is 10.0 Å². The van der Waals surface area contributed by atoms with Crippen molar-refractivity contribution in [3.63, 3.8) is 0 Å². The van der Waals surface area contributed by atoms with Gasteiger partial charge in [-0.2, -0.15) is 9.40 Å². The molecule has 0 bridgehead atoms. The van der Waals surface area contributed by atoms with Crippen molar-refractivity contribution in [3.8, 4) is 0 Å². The van der Waals surface area contributed by atoms with Crippen LogP contribution in [0.25, 0.3) is 0 Å². The predicted octanol–water partition coefficient (Wildman–Crippen LogP) is 2.68. The maximum absolute atomic E-state index is 12.8. The Morgan fingerprint density at radius 2 is 1.85 bits per heavy atom. The second-order valence-corrected chi connectivity index (χ2v) is 8.98. The SMILES string of the molecule is CCn1nc(C)c(CN2CCN(S(=O)(=O)c3cccc(Cl)c3)CC2)c1C. The lowest BCUT2D eigenvalue weighted by Gasteiger charge is -2.34. The summed E-state index contributed by atoms with van der Waals surface area (Å²) in [4.78, 5) is 2.55. The average Bonchev–Trinajstić information content (AvgIpc) is 2.90. The molecule has 1 saturated heterocycles. The zero-order chi connectivity index (χ0) is 18.9. The molecule has 1 aliphatic rings. The van der Waals surface area contributed by atoms with Gasteiger partial charge in [0.15, 0.2) is 0 Å². The van der Waals surface area contributed by atoms with Gasteiger partial charge in [0, 0.05) is 55.5 Å². The third kappa shape index (κ3) is 3.81. The van der Waals surface area contributed by atoms with Gasteiger partial charge < -0.3 is 0 Å². The van der Waals surface area contributed by atoms with E-state index in [0.717, 1.165) is 18.8 Å². The van der Waals surface area contributed by atoms with Gasteiger partial charge in [-0.15, -0.1) is 0 Å². The van der Waals surface area contributed by atoms with Crippen molar-refractivity contribution in [1.29, 1.82) is 0 Å². The van der Waals surface area contributed by atoms with Crippen LogP contribution in [-0.2, 0) is 23.1 Å². The number of sulfonamides is 1. The minimum absolute atomic E-state index is 0.259. The van der Waals surface area contributed by atoms with Crippen LogP contribution in [0.1, 0.15) is 23.9 Å². The average molecular weight is 397 g/mol. The zero-order valence-corrected chi connectivity index (χ0v) is 17.0. The standard InChI is InChI=1S/C18H25ClN4O2S/c1-4-23-15(3)18(14(2)20-23)13-21-8-10-22(11-9-21)26(24,25)17-7-5-6-16(19)12-17/h5-7,12H,4,8-11,13H2,1-3H3. The summed E-state index contributed by atoms with van der Waals surface area (Å²) < 4.78 is 29.1. The van der Waals surface area contributed by atoms with Gasteiger partial charge in [-0.3, -0.25) is 9.58 Å². The van der Waals surface area contributed by atoms with E-state index in [1.807, 2.05) is 11.6 Å². The number of benzene rings is 1. The molecule has 2 aromatic rings. The summed E-state index contributed by atoms with van der Waals surface area (Å²) in [5.41, 5.74) is 3.50. The fourth-order valence-electron chi connectivity index (χ4n) is 3.40. The molecule has 0 N–H and O–H groups in total. The molecule has 8 heteroatoms. The minimum atomic E-state index is -3.49. The number of aryl methyl sites for hydroxylation is 2. The van der Waals surface area contributed by atoms with Crippen LogP contribution in [0.15, 0.2) is 29.2 Å². The Bertz CT molecular complexity index is 887. The molecule has 0 unspecified atom stereocenters. The maximum atomic E-state index is 12.8. The number of hydrogen-bond acceptors (Lipinski definition) is 4. The molecule has 3 rings (SSSR count). The van der Waals surface area contributed by atoms with E-state index in [-0.39, 0.29) is 4.90 Å². The lowest BCUT2D eigenvalue weighted by Crippen LogP contribution is -2.48. The highest BCUT2D eigenvalue weighted by Gasteiger charge is 2.29. The Kier molecular flexibility index (Phi) is 5.72. The summed E-state index contributed by atoms with van der Waals surface area (Å²) in [6.45, 7) is 10.3. The van der Waals surface area contributed by atoms with Crippen molar-refractivity contribution in [2.45, 2.75) is 38.8 Å². The molecule has 1 aromatic heterocycles. The van der Waals surface area contributed by atoms with Crippen LogP contribution in [0.2, 0.25) is 5.02 Å². The first-order valence-corrected chi connectivity index (χ1v) is 10.7. The van der Waals surface area contributed by atoms with E-state index in [2.05, 4.69) is 23.8 Å². The Hall–Kier alpha value is -1.41. The topological polar surface area (TPSA) is 58.4 Å². The second kappa shape index (κ2) is 7.68. The van der Waals surface area contributed by atoms with Crippen molar-refractivity contribution >= 4 is 21.6 Å². The summed E-state index contributed by atoms with van der Waals surface area (Å²) in [5, 5.41) is 5.00. The molecule has 2 heterocycles. The van der Waals surface area contributed by atoms with Crippen molar-refractivity contribution in [2.24, 2.45) is 0 Å². The van der Waals surface area contributed by atoms with E-state index in [9.17, 15) is 8.42 Å². The lowest BCUT2D eigenvalue weighted by atomic mass is 10.1. The molecule has 1 aliphatic heterocycles. The molecule has 6 nitrogen and oxygen atoms in total. The fraction of sp³-hybridized carbons (Fsp3) is 0.500. The van der Waals surface area contributed by atoms with Gasteiger partial charge >= 0.3 is 0 Å². The molecule has 0 atom stereocenters. The Morgan fingerprint density at radius 1 is 1.15 bits per heavy atom. The number of piperazine rings is 1. The zero-order valence-electron chi connectivity index (χ0n) is 15.4. The van der Waals surface area contributed by atoms with Crippen molar-refractivity contribution in [3.05, 3.63) is 46.2 Å². The highest BCUT2D eigenvalue weighted by Crippen LogP contribution is 2.22. The van der Waals surface area contributed by atoms with Gasteiger partial charge in [-0.05, 0) is 39.0 Å². The van der Waals surface area contributed by atoms with Gasteiger partial charge in [0.05, 0.1) is 10.6 Å². The third-order valence-corrected chi connectivity index (χ3v) is 7.11. The first kappa shape index (κ1) is 19.4. The summed E-state index contributed by atoms with van der Waals surface area (Å²) in [6.07, 6.45) is 0. The van der Waals surface area contributed by atoms with E-state index in [0.29, 0.717) is 31.2 Å². The van der Waals surface area contributed by atoms with Gasteiger partial charge in [0.2, 0.25) is 10.0 Å². The van der Waals surface area contributed by atoms with E-state index >= 15 is 0 Å². The molecule has 0 amide bonds. The molecule has 1 aromatic carbocycles. The fourth-order valence-corrected chi connectivity index (χ4v) is 5.12. The van der Waals surface area contributed by atoms with Gasteiger partial charge in [0.1, 0.15) is 0 Å². The highest BCUT2D eigenvalue weighted by molar-refractivity contribution is 7.89. The number of hydrogen-bond donors (Lipinski definition) is 0. The monoisotopic (exact) mass is 396 g/mol. The number of aromatic nitrogens is 2. The third-order valence-electron chi connectivity index (χ3n) is 4.98. The first-order valence-electron chi connectivity index (χ1n) is 8.84. The van der Waals surface area contributed by atoms with Crippen molar-refractivity contribution in [1.82, 2.24) is 19.0 Å². The van der Waals surface area contributed by atoms with Crippen LogP contribution >= 0.6 is 11.6 Å². The highest BCUT2D eigenvalue weighted by atomic mass is 35.5. The summed E-state index contributed by atoms with van der Waals surface area (Å²) >= 11 is 5.95. The molecule has 1 fully saturated rings. The number of halogens is 1. The Labute approximate surface area is 160 Å². The van der Waals surface area contributed by atoms with Gasteiger partial charge in [-0.25, -0.2) is 8.42 Å². The molecule has 0 aliphatic carbocycles. The molecular formula is C18H25ClN4O2S. The molecule has 26 heavy (non-hydrogen) atoms. The van der Waals surface area contributed by atoms with E-state index in [1.54, 1.807) is 22.5 Å². The van der Waals surface area contributed by atoms with E-state index in [1.165, 1.54) is 17.3 Å². The Balaban J connectivity index is 1.67. The Morgan fingerprint density at radius 3 is 2.42 bits per heavy atom. The smallest absolute Gasteiger partial charge is 0.243 e. The molecule has 142 valence electrons. The van der Waals surface area contributed by atoms with Crippen LogP contribution in [0, 0.1) is 13.8 Å². The van der Waals surface area contributed by atoms with Crippen molar-refractivity contribution < 1.29 is 8.42 Å². The predicted molar refractivity (Wildman–Crippen MR) is 103 cm³/mol. The molecule has 0 spiro atoms. The second-order valence-electron chi connectivity index (χ2n) is 6.60. The molecule has 0 radical (unpaired) electrons. The summed E-state index contributed by atoms with van der Waals surface area (Å²) in [7, 11) is -3.49. The van der Waals surface area contributed by atoms with Crippen molar-refractivity contribution in [2.75, 3.05) is 26.2 Å². The van der Waals surface area contributed by atoms with Gasteiger partial charge in [-0.1, -0.05) is 17.7 Å². The minimum Gasteiger partial charge on any atom is -0.296 e. The largest absolute Gasteiger partial charge is 0.296 e. The first-order chi connectivity index (χ1) is 12.3. The summed E-state index contributed by atoms with van der Waals surface area (Å²) in [5.74, 6) is 0. The number of nitrogens with zero attached hydrogens (tertiary/aromatic N) is 4. The summed E-state index contributed by atoms with van der Waals surface area (Å²) in [6, 6.07) is 6.45. The number of rotatable bonds is 5. The van der Waals surface area contributed by atoms with Crippen LogP contribution in [-0.4, -0.2) is 53.6 Å². The van der Waals surface area contributed by atoms with Crippen LogP contribution in [0.4, 0.5) is 0 Å². The quantitative estimate of drug-likeness (QED) is 0.779. The van der Waals surface area contributed by atoms with Gasteiger partial charge in [0.25, 0.3) is 0 Å². The van der Waals surface area contributed by atoms with Crippen LogP contribution < -0.4 is 0 Å². The molecule has 0 saturated carbocycles. The van der Waals surface area contributed by atoms with Crippen LogP contribution in [0.5, 0.6) is 0 Å². The normalized spacial score (nSPS) is 16.9. The van der Waals surface area contributed by atoms with Crippen LogP contribution in [0.3, 0.4) is 0 Å².